The van der Waals surface area contributed by atoms with Gasteiger partial charge in [-0.2, -0.15) is 0 Å². The van der Waals surface area contributed by atoms with Crippen molar-refractivity contribution < 1.29 is 22.7 Å². The minimum absolute atomic E-state index is 0.318. The van der Waals surface area contributed by atoms with E-state index >= 15 is 0 Å². The van der Waals surface area contributed by atoms with Crippen LogP contribution in [0.3, 0.4) is 0 Å². The molecule has 0 unspecified atom stereocenters. The molecule has 0 atom stereocenters. The van der Waals surface area contributed by atoms with E-state index in [1.54, 1.807) is 6.07 Å². The molecule has 1 heterocycles. The first-order valence-electron chi connectivity index (χ1n) is 9.63. The third-order valence-corrected chi connectivity index (χ3v) is 4.90. The standard InChI is InChI=1S/C23H23F3N2O2/c1-3-8-19-21(17-11-7-12-18(13-17)30-23(24,25)26)20(22(27)29)15(2)28(19)14-16-9-5-4-6-10-16/h4-7,9-13H,3,8,14H2,1-2H3,(H2,27,29). The summed E-state index contributed by atoms with van der Waals surface area (Å²) in [7, 11) is 0. The van der Waals surface area contributed by atoms with Gasteiger partial charge >= 0.3 is 6.36 Å². The lowest BCUT2D eigenvalue weighted by Crippen LogP contribution is -2.17. The van der Waals surface area contributed by atoms with Crippen LogP contribution in [-0.4, -0.2) is 16.8 Å². The zero-order valence-corrected chi connectivity index (χ0v) is 16.8. The highest BCUT2D eigenvalue weighted by molar-refractivity contribution is 6.02. The molecule has 1 amide bonds. The molecule has 4 nitrogen and oxygen atoms in total. The van der Waals surface area contributed by atoms with Crippen molar-refractivity contribution in [3.05, 3.63) is 77.1 Å². The highest BCUT2D eigenvalue weighted by Gasteiger charge is 2.31. The van der Waals surface area contributed by atoms with E-state index in [1.165, 1.54) is 18.2 Å². The molecule has 0 aliphatic rings. The number of benzene rings is 2. The van der Waals surface area contributed by atoms with Gasteiger partial charge in [0, 0.05) is 23.5 Å². The van der Waals surface area contributed by atoms with Crippen LogP contribution in [0.2, 0.25) is 0 Å². The van der Waals surface area contributed by atoms with E-state index in [9.17, 15) is 18.0 Å². The van der Waals surface area contributed by atoms with Crippen LogP contribution in [0.25, 0.3) is 11.1 Å². The fourth-order valence-corrected chi connectivity index (χ4v) is 3.74. The first-order chi connectivity index (χ1) is 14.2. The average molecular weight is 416 g/mol. The Morgan fingerprint density at radius 2 is 1.80 bits per heavy atom. The first kappa shape index (κ1) is 21.5. The van der Waals surface area contributed by atoms with Gasteiger partial charge in [0.15, 0.2) is 0 Å². The molecule has 0 saturated heterocycles. The van der Waals surface area contributed by atoms with Gasteiger partial charge < -0.3 is 15.0 Å². The second-order valence-electron chi connectivity index (χ2n) is 7.04. The average Bonchev–Trinajstić information content (AvgIpc) is 2.94. The van der Waals surface area contributed by atoms with Crippen molar-refractivity contribution in [2.45, 2.75) is 39.6 Å². The maximum absolute atomic E-state index is 12.7. The number of amides is 1. The van der Waals surface area contributed by atoms with E-state index in [1.807, 2.05) is 48.7 Å². The zero-order valence-electron chi connectivity index (χ0n) is 16.8. The minimum Gasteiger partial charge on any atom is -0.406 e. The second-order valence-corrected chi connectivity index (χ2v) is 7.04. The van der Waals surface area contributed by atoms with Crippen molar-refractivity contribution in [1.82, 2.24) is 4.57 Å². The van der Waals surface area contributed by atoms with Crippen molar-refractivity contribution in [3.8, 4) is 16.9 Å². The summed E-state index contributed by atoms with van der Waals surface area (Å²) >= 11 is 0. The molecule has 0 aliphatic heterocycles. The smallest absolute Gasteiger partial charge is 0.406 e. The Hall–Kier alpha value is -3.22. The predicted octanol–water partition coefficient (Wildman–Crippen LogP) is 5.46. The Morgan fingerprint density at radius 1 is 1.10 bits per heavy atom. The van der Waals surface area contributed by atoms with E-state index < -0.39 is 12.3 Å². The minimum atomic E-state index is -4.80. The normalized spacial score (nSPS) is 11.5. The Morgan fingerprint density at radius 3 is 2.40 bits per heavy atom. The highest BCUT2D eigenvalue weighted by Crippen LogP contribution is 2.36. The lowest BCUT2D eigenvalue weighted by Gasteiger charge is -2.14. The van der Waals surface area contributed by atoms with Gasteiger partial charge in [-0.25, -0.2) is 0 Å². The number of rotatable bonds is 7. The summed E-state index contributed by atoms with van der Waals surface area (Å²) in [6, 6.07) is 15.4. The van der Waals surface area contributed by atoms with Gasteiger partial charge in [-0.15, -0.1) is 13.2 Å². The van der Waals surface area contributed by atoms with Crippen LogP contribution in [0, 0.1) is 6.92 Å². The Bertz CT molecular complexity index is 1040. The highest BCUT2D eigenvalue weighted by atomic mass is 19.4. The van der Waals surface area contributed by atoms with Gasteiger partial charge in [0.1, 0.15) is 5.75 Å². The molecule has 0 saturated carbocycles. The summed E-state index contributed by atoms with van der Waals surface area (Å²) in [6.07, 6.45) is -3.37. The molecule has 1 aromatic heterocycles. The number of ether oxygens (including phenoxy) is 1. The quantitative estimate of drug-likeness (QED) is 0.556. The fraction of sp³-hybridized carbons (Fsp3) is 0.261. The van der Waals surface area contributed by atoms with Gasteiger partial charge in [0.2, 0.25) is 0 Å². The predicted molar refractivity (Wildman–Crippen MR) is 109 cm³/mol. The number of aromatic nitrogens is 1. The van der Waals surface area contributed by atoms with Crippen LogP contribution in [0.4, 0.5) is 13.2 Å². The SMILES string of the molecule is CCCc1c(-c2cccc(OC(F)(F)F)c2)c(C(N)=O)c(C)n1Cc1ccccc1. The molecular weight excluding hydrogens is 393 g/mol. The summed E-state index contributed by atoms with van der Waals surface area (Å²) < 4.78 is 44.2. The first-order valence-corrected chi connectivity index (χ1v) is 9.63. The van der Waals surface area contributed by atoms with E-state index in [4.69, 9.17) is 5.73 Å². The summed E-state index contributed by atoms with van der Waals surface area (Å²) in [4.78, 5) is 12.3. The van der Waals surface area contributed by atoms with Gasteiger partial charge in [0.25, 0.3) is 5.91 Å². The number of carbonyl (C=O) groups excluding carboxylic acids is 1. The third kappa shape index (κ3) is 4.67. The molecule has 158 valence electrons. The van der Waals surface area contributed by atoms with Crippen LogP contribution in [-0.2, 0) is 13.0 Å². The molecule has 0 fully saturated rings. The monoisotopic (exact) mass is 416 g/mol. The largest absolute Gasteiger partial charge is 0.573 e. The van der Waals surface area contributed by atoms with E-state index in [2.05, 4.69) is 4.74 Å². The number of primary amides is 1. The molecular formula is C23H23F3N2O2. The molecule has 7 heteroatoms. The topological polar surface area (TPSA) is 57.2 Å². The van der Waals surface area contributed by atoms with Crippen molar-refractivity contribution in [1.29, 1.82) is 0 Å². The van der Waals surface area contributed by atoms with Gasteiger partial charge in [-0.05, 0) is 36.6 Å². The molecule has 0 bridgehead atoms. The van der Waals surface area contributed by atoms with Crippen molar-refractivity contribution in [2.24, 2.45) is 5.73 Å². The molecule has 0 radical (unpaired) electrons. The molecule has 30 heavy (non-hydrogen) atoms. The summed E-state index contributed by atoms with van der Waals surface area (Å²) in [6.45, 7) is 4.34. The molecule has 0 aliphatic carbocycles. The Kier molecular flexibility index (Phi) is 6.20. The summed E-state index contributed by atoms with van der Waals surface area (Å²) in [5.74, 6) is -0.958. The third-order valence-electron chi connectivity index (χ3n) is 4.90. The van der Waals surface area contributed by atoms with Crippen molar-refractivity contribution >= 4 is 5.91 Å². The second kappa shape index (κ2) is 8.65. The Balaban J connectivity index is 2.19. The molecule has 0 spiro atoms. The van der Waals surface area contributed by atoms with Crippen molar-refractivity contribution in [3.63, 3.8) is 0 Å². The Labute approximate surface area is 173 Å². The molecule has 2 aromatic carbocycles. The van der Waals surface area contributed by atoms with Crippen LogP contribution in [0.5, 0.6) is 5.75 Å². The number of halogens is 3. The fourth-order valence-electron chi connectivity index (χ4n) is 3.74. The summed E-state index contributed by atoms with van der Waals surface area (Å²) in [5, 5.41) is 0. The lowest BCUT2D eigenvalue weighted by atomic mass is 9.98. The maximum Gasteiger partial charge on any atom is 0.573 e. The van der Waals surface area contributed by atoms with E-state index in [0.717, 1.165) is 17.7 Å². The number of nitrogens with two attached hydrogens (primary N) is 1. The number of nitrogens with zero attached hydrogens (tertiary/aromatic N) is 1. The van der Waals surface area contributed by atoms with Crippen LogP contribution in [0.1, 0.15) is 40.7 Å². The van der Waals surface area contributed by atoms with E-state index in [0.29, 0.717) is 35.3 Å². The van der Waals surface area contributed by atoms with Gasteiger partial charge in [0.05, 0.1) is 5.56 Å². The summed E-state index contributed by atoms with van der Waals surface area (Å²) in [5.41, 5.74) is 9.63. The number of alkyl halides is 3. The number of hydrogen-bond acceptors (Lipinski definition) is 2. The number of carbonyl (C=O) groups is 1. The van der Waals surface area contributed by atoms with Crippen LogP contribution >= 0.6 is 0 Å². The van der Waals surface area contributed by atoms with Crippen LogP contribution in [0.15, 0.2) is 54.6 Å². The van der Waals surface area contributed by atoms with Gasteiger partial charge in [-0.3, -0.25) is 4.79 Å². The molecule has 3 rings (SSSR count). The number of hydrogen-bond donors (Lipinski definition) is 1. The molecule has 3 aromatic rings. The van der Waals surface area contributed by atoms with Gasteiger partial charge in [-0.1, -0.05) is 55.8 Å². The van der Waals surface area contributed by atoms with Crippen LogP contribution < -0.4 is 10.5 Å². The van der Waals surface area contributed by atoms with E-state index in [-0.39, 0.29) is 5.75 Å². The molecule has 2 N–H and O–H groups in total. The maximum atomic E-state index is 12.7. The van der Waals surface area contributed by atoms with Crippen molar-refractivity contribution in [2.75, 3.05) is 0 Å². The lowest BCUT2D eigenvalue weighted by molar-refractivity contribution is -0.274. The zero-order chi connectivity index (χ0) is 21.9.